The number of carbonyl (C=O) groups excluding carboxylic acids is 1. The Balaban J connectivity index is 1.66. The van der Waals surface area contributed by atoms with Gasteiger partial charge in [0.05, 0.1) is 5.56 Å². The largest absolute Gasteiger partial charge is 0.445 e. The zero-order valence-electron chi connectivity index (χ0n) is 12.8. The third-order valence-electron chi connectivity index (χ3n) is 4.01. The summed E-state index contributed by atoms with van der Waals surface area (Å²) >= 11 is 0. The van der Waals surface area contributed by atoms with E-state index in [0.29, 0.717) is 18.5 Å². The summed E-state index contributed by atoms with van der Waals surface area (Å²) < 4.78 is 43.7. The lowest BCUT2D eigenvalue weighted by atomic mass is 9.97. The van der Waals surface area contributed by atoms with Crippen LogP contribution in [0.5, 0.6) is 0 Å². The summed E-state index contributed by atoms with van der Waals surface area (Å²) in [6.45, 7) is 0.713. The van der Waals surface area contributed by atoms with E-state index >= 15 is 0 Å². The summed E-state index contributed by atoms with van der Waals surface area (Å²) in [6.07, 6.45) is -4.37. The first kappa shape index (κ1) is 16.4. The van der Waals surface area contributed by atoms with Crippen molar-refractivity contribution in [1.82, 2.24) is 4.90 Å². The fourth-order valence-electron chi connectivity index (χ4n) is 2.70. The number of ether oxygens (including phenoxy) is 1. The average molecular weight is 335 g/mol. The van der Waals surface area contributed by atoms with Gasteiger partial charge < -0.3 is 9.64 Å². The molecule has 0 aromatic heterocycles. The fraction of sp³-hybridized carbons (Fsp3) is 0.278. The Morgan fingerprint density at radius 1 is 1.08 bits per heavy atom. The molecule has 0 saturated carbocycles. The minimum atomic E-state index is -4.38. The van der Waals surface area contributed by atoms with Crippen molar-refractivity contribution >= 4 is 6.09 Å². The highest BCUT2D eigenvalue weighted by atomic mass is 19.4. The molecular formula is C18H16F3NO2. The van der Waals surface area contributed by atoms with Crippen molar-refractivity contribution in [1.29, 1.82) is 0 Å². The Kier molecular flexibility index (Phi) is 4.46. The van der Waals surface area contributed by atoms with Gasteiger partial charge in [-0.2, -0.15) is 13.2 Å². The molecule has 6 heteroatoms. The number of rotatable bonds is 2. The second-order valence-corrected chi connectivity index (χ2v) is 5.69. The highest BCUT2D eigenvalue weighted by Gasteiger charge is 2.32. The quantitative estimate of drug-likeness (QED) is 0.814. The Hall–Kier alpha value is -2.50. The third-order valence-corrected chi connectivity index (χ3v) is 4.01. The molecular weight excluding hydrogens is 319 g/mol. The molecule has 0 saturated heterocycles. The predicted molar refractivity (Wildman–Crippen MR) is 82.2 cm³/mol. The second-order valence-electron chi connectivity index (χ2n) is 5.69. The van der Waals surface area contributed by atoms with Crippen LogP contribution in [0.25, 0.3) is 0 Å². The number of halogens is 3. The predicted octanol–water partition coefficient (Wildman–Crippen LogP) is 4.40. The molecule has 0 fully saturated rings. The first-order valence-electron chi connectivity index (χ1n) is 7.58. The Morgan fingerprint density at radius 2 is 1.83 bits per heavy atom. The zero-order chi connectivity index (χ0) is 17.2. The fourth-order valence-corrected chi connectivity index (χ4v) is 2.70. The number of alkyl halides is 3. The molecule has 2 aromatic carbocycles. The van der Waals surface area contributed by atoms with Gasteiger partial charge in [0.25, 0.3) is 0 Å². The summed E-state index contributed by atoms with van der Waals surface area (Å²) in [5.74, 6) is 0. The van der Waals surface area contributed by atoms with Gasteiger partial charge in [-0.15, -0.1) is 0 Å². The van der Waals surface area contributed by atoms with Crippen LogP contribution in [0.1, 0.15) is 22.3 Å². The average Bonchev–Trinajstić information content (AvgIpc) is 2.59. The Bertz CT molecular complexity index is 729. The van der Waals surface area contributed by atoms with Crippen molar-refractivity contribution < 1.29 is 22.7 Å². The van der Waals surface area contributed by atoms with E-state index < -0.39 is 17.8 Å². The molecule has 0 radical (unpaired) electrons. The molecule has 0 N–H and O–H groups in total. The van der Waals surface area contributed by atoms with Gasteiger partial charge in [-0.3, -0.25) is 0 Å². The van der Waals surface area contributed by atoms with Crippen molar-refractivity contribution in [2.24, 2.45) is 0 Å². The van der Waals surface area contributed by atoms with Gasteiger partial charge in [0, 0.05) is 13.1 Å². The minimum absolute atomic E-state index is 0.132. The number of benzene rings is 2. The SMILES string of the molecule is O=C(OCc1ccccc1)N1CCc2ccc(C(F)(F)F)cc2C1. The van der Waals surface area contributed by atoms with Crippen LogP contribution in [-0.2, 0) is 30.5 Å². The molecule has 1 aliphatic rings. The van der Waals surface area contributed by atoms with Crippen molar-refractivity contribution in [2.75, 3.05) is 6.54 Å². The number of hydrogen-bond acceptors (Lipinski definition) is 2. The van der Waals surface area contributed by atoms with Gasteiger partial charge in [0.15, 0.2) is 0 Å². The smallest absolute Gasteiger partial charge is 0.416 e. The molecule has 126 valence electrons. The van der Waals surface area contributed by atoms with E-state index in [4.69, 9.17) is 4.74 Å². The van der Waals surface area contributed by atoms with Gasteiger partial charge in [-0.05, 0) is 35.2 Å². The molecule has 3 rings (SSSR count). The van der Waals surface area contributed by atoms with Crippen LogP contribution in [0.15, 0.2) is 48.5 Å². The van der Waals surface area contributed by atoms with E-state index in [-0.39, 0.29) is 13.2 Å². The van der Waals surface area contributed by atoms with Crippen LogP contribution >= 0.6 is 0 Å². The van der Waals surface area contributed by atoms with Crippen molar-refractivity contribution in [3.63, 3.8) is 0 Å². The number of nitrogens with zero attached hydrogens (tertiary/aromatic N) is 1. The Morgan fingerprint density at radius 3 is 2.54 bits per heavy atom. The zero-order valence-corrected chi connectivity index (χ0v) is 12.8. The summed E-state index contributed by atoms with van der Waals surface area (Å²) in [5, 5.41) is 0. The second kappa shape index (κ2) is 6.55. The molecule has 1 amide bonds. The third kappa shape index (κ3) is 3.69. The molecule has 1 aliphatic heterocycles. The molecule has 3 nitrogen and oxygen atoms in total. The van der Waals surface area contributed by atoms with Crippen molar-refractivity contribution in [2.45, 2.75) is 25.7 Å². The molecule has 2 aromatic rings. The molecule has 0 spiro atoms. The van der Waals surface area contributed by atoms with Gasteiger partial charge in [-0.1, -0.05) is 36.4 Å². The van der Waals surface area contributed by atoms with Gasteiger partial charge in [0.2, 0.25) is 0 Å². The van der Waals surface area contributed by atoms with Crippen molar-refractivity contribution in [3.05, 3.63) is 70.8 Å². The van der Waals surface area contributed by atoms with Crippen LogP contribution in [0.4, 0.5) is 18.0 Å². The number of fused-ring (bicyclic) bond motifs is 1. The molecule has 24 heavy (non-hydrogen) atoms. The van der Waals surface area contributed by atoms with Gasteiger partial charge in [-0.25, -0.2) is 4.79 Å². The van der Waals surface area contributed by atoms with Crippen LogP contribution in [-0.4, -0.2) is 17.5 Å². The van der Waals surface area contributed by atoms with Crippen LogP contribution in [0, 0.1) is 0 Å². The Labute approximate surface area is 137 Å². The number of carbonyl (C=O) groups is 1. The maximum Gasteiger partial charge on any atom is 0.416 e. The lowest BCUT2D eigenvalue weighted by Gasteiger charge is -2.28. The van der Waals surface area contributed by atoms with E-state index in [1.807, 2.05) is 30.3 Å². The standard InChI is InChI=1S/C18H16F3NO2/c19-18(20,21)16-7-6-14-8-9-22(11-15(14)10-16)17(23)24-12-13-4-2-1-3-5-13/h1-7,10H,8-9,11-12H2. The molecule has 1 heterocycles. The van der Waals surface area contributed by atoms with E-state index in [0.717, 1.165) is 23.3 Å². The molecule has 0 bridgehead atoms. The van der Waals surface area contributed by atoms with E-state index in [1.165, 1.54) is 11.0 Å². The topological polar surface area (TPSA) is 29.5 Å². The highest BCUT2D eigenvalue weighted by molar-refractivity contribution is 5.68. The molecule has 0 atom stereocenters. The maximum atomic E-state index is 12.8. The number of amides is 1. The van der Waals surface area contributed by atoms with E-state index in [9.17, 15) is 18.0 Å². The van der Waals surface area contributed by atoms with Crippen LogP contribution in [0.3, 0.4) is 0 Å². The first-order valence-corrected chi connectivity index (χ1v) is 7.58. The number of hydrogen-bond donors (Lipinski definition) is 0. The van der Waals surface area contributed by atoms with Gasteiger partial charge in [0.1, 0.15) is 6.61 Å². The van der Waals surface area contributed by atoms with E-state index in [1.54, 1.807) is 0 Å². The van der Waals surface area contributed by atoms with Gasteiger partial charge >= 0.3 is 12.3 Å². The summed E-state index contributed by atoms with van der Waals surface area (Å²) in [6, 6.07) is 12.9. The summed E-state index contributed by atoms with van der Waals surface area (Å²) in [7, 11) is 0. The molecule has 0 aliphatic carbocycles. The normalized spacial score (nSPS) is 14.2. The monoisotopic (exact) mass is 335 g/mol. The van der Waals surface area contributed by atoms with E-state index in [2.05, 4.69) is 0 Å². The summed E-state index contributed by atoms with van der Waals surface area (Å²) in [4.78, 5) is 13.6. The lowest BCUT2D eigenvalue weighted by Crippen LogP contribution is -2.36. The minimum Gasteiger partial charge on any atom is -0.445 e. The van der Waals surface area contributed by atoms with Crippen molar-refractivity contribution in [3.8, 4) is 0 Å². The first-order chi connectivity index (χ1) is 11.4. The maximum absolute atomic E-state index is 12.8. The summed E-state index contributed by atoms with van der Waals surface area (Å²) in [5.41, 5.74) is 1.53. The molecule has 0 unspecified atom stereocenters. The lowest BCUT2D eigenvalue weighted by molar-refractivity contribution is -0.137. The van der Waals surface area contributed by atoms with Crippen LogP contribution in [0.2, 0.25) is 0 Å². The highest BCUT2D eigenvalue weighted by Crippen LogP contribution is 2.32. The van der Waals surface area contributed by atoms with Crippen LogP contribution < -0.4 is 0 Å².